The molecule has 4 aromatic rings. The molecule has 37 heavy (non-hydrogen) atoms. The van der Waals surface area contributed by atoms with E-state index in [2.05, 4.69) is 26.0 Å². The summed E-state index contributed by atoms with van der Waals surface area (Å²) in [5.41, 5.74) is 4.96. The Labute approximate surface area is 218 Å². The van der Waals surface area contributed by atoms with Crippen molar-refractivity contribution in [3.05, 3.63) is 101 Å². The smallest absolute Gasteiger partial charge is 0.257 e. The van der Waals surface area contributed by atoms with Gasteiger partial charge >= 0.3 is 0 Å². The van der Waals surface area contributed by atoms with Crippen LogP contribution in [-0.4, -0.2) is 41.4 Å². The maximum absolute atomic E-state index is 12.2. The van der Waals surface area contributed by atoms with Gasteiger partial charge in [0.25, 0.3) is 5.91 Å². The van der Waals surface area contributed by atoms with Crippen molar-refractivity contribution >= 4 is 34.5 Å². The Hall–Kier alpha value is -4.57. The number of amides is 2. The number of nitrogens with zero attached hydrogens (tertiary/aromatic N) is 3. The van der Waals surface area contributed by atoms with Gasteiger partial charge in [-0.3, -0.25) is 14.9 Å². The molecule has 1 heterocycles. The van der Waals surface area contributed by atoms with Crippen LogP contribution >= 0.6 is 11.3 Å². The van der Waals surface area contributed by atoms with Crippen LogP contribution < -0.4 is 20.2 Å². The number of hydrazone groups is 1. The third kappa shape index (κ3) is 8.25. The largest absolute Gasteiger partial charge is 0.490 e. The summed E-state index contributed by atoms with van der Waals surface area (Å²) in [5, 5.41) is 15.3. The molecule has 0 spiro atoms. The van der Waals surface area contributed by atoms with E-state index in [1.165, 1.54) is 11.8 Å². The number of ether oxygens (including phenoxy) is 2. The Kier molecular flexibility index (Phi) is 8.92. The number of aromatic nitrogens is 2. The van der Waals surface area contributed by atoms with Gasteiger partial charge in [0.15, 0.2) is 0 Å². The third-order valence-corrected chi connectivity index (χ3v) is 5.80. The summed E-state index contributed by atoms with van der Waals surface area (Å²) < 4.78 is 11.3. The molecule has 2 N–H and O–H groups in total. The van der Waals surface area contributed by atoms with Gasteiger partial charge < -0.3 is 9.47 Å². The van der Waals surface area contributed by atoms with Gasteiger partial charge in [0, 0.05) is 5.56 Å². The fourth-order valence-corrected chi connectivity index (χ4v) is 3.83. The van der Waals surface area contributed by atoms with Gasteiger partial charge in [0.05, 0.1) is 12.6 Å². The van der Waals surface area contributed by atoms with Crippen molar-refractivity contribution in [1.82, 2.24) is 15.6 Å². The summed E-state index contributed by atoms with van der Waals surface area (Å²) in [6.45, 7) is 2.89. The number of carbonyl (C=O) groups is 2. The molecule has 0 unspecified atom stereocenters. The molecule has 10 heteroatoms. The van der Waals surface area contributed by atoms with E-state index in [-0.39, 0.29) is 18.2 Å². The Balaban J connectivity index is 1.16. The first-order chi connectivity index (χ1) is 18.0. The Morgan fingerprint density at radius 2 is 1.54 bits per heavy atom. The normalized spacial score (nSPS) is 10.7. The van der Waals surface area contributed by atoms with E-state index in [1.54, 1.807) is 24.3 Å². The Morgan fingerprint density at radius 3 is 2.22 bits per heavy atom. The van der Waals surface area contributed by atoms with Gasteiger partial charge in [0.2, 0.25) is 11.0 Å². The lowest BCUT2D eigenvalue weighted by molar-refractivity contribution is -0.120. The molecular formula is C27H25N5O4S. The first-order valence-corrected chi connectivity index (χ1v) is 12.3. The Bertz CT molecular complexity index is 1340. The lowest BCUT2D eigenvalue weighted by atomic mass is 10.2. The van der Waals surface area contributed by atoms with E-state index in [1.807, 2.05) is 61.5 Å². The minimum absolute atomic E-state index is 0.00630. The zero-order valence-electron chi connectivity index (χ0n) is 20.1. The number of nitrogens with one attached hydrogen (secondary N) is 2. The molecule has 0 saturated heterocycles. The van der Waals surface area contributed by atoms with Crippen LogP contribution in [0.25, 0.3) is 0 Å². The van der Waals surface area contributed by atoms with Gasteiger partial charge in [-0.1, -0.05) is 47.2 Å². The van der Waals surface area contributed by atoms with E-state index in [9.17, 15) is 9.59 Å². The number of hydrogen-bond acceptors (Lipinski definition) is 8. The number of carbonyl (C=O) groups excluding carboxylic acids is 2. The maximum Gasteiger partial charge on any atom is 0.257 e. The van der Waals surface area contributed by atoms with Crippen LogP contribution in [0.15, 0.2) is 84.0 Å². The number of rotatable bonds is 11. The molecule has 9 nitrogen and oxygen atoms in total. The van der Waals surface area contributed by atoms with Crippen molar-refractivity contribution in [2.45, 2.75) is 13.3 Å². The maximum atomic E-state index is 12.2. The van der Waals surface area contributed by atoms with Crippen LogP contribution in [-0.2, 0) is 11.2 Å². The first-order valence-electron chi connectivity index (χ1n) is 11.5. The predicted molar refractivity (Wildman–Crippen MR) is 142 cm³/mol. The van der Waals surface area contributed by atoms with Gasteiger partial charge in [-0.05, 0) is 61.0 Å². The average Bonchev–Trinajstić information content (AvgIpc) is 3.35. The van der Waals surface area contributed by atoms with Crippen LogP contribution in [0.1, 0.15) is 26.5 Å². The van der Waals surface area contributed by atoms with Crippen molar-refractivity contribution in [2.24, 2.45) is 5.10 Å². The minimum atomic E-state index is -0.345. The fraction of sp³-hybridized carbons (Fsp3) is 0.148. The topological polar surface area (TPSA) is 115 Å². The van der Waals surface area contributed by atoms with E-state index in [0.717, 1.165) is 22.6 Å². The lowest BCUT2D eigenvalue weighted by Crippen LogP contribution is -2.19. The average molecular weight is 516 g/mol. The van der Waals surface area contributed by atoms with Crippen LogP contribution in [0.2, 0.25) is 0 Å². The molecule has 1 aromatic heterocycles. The van der Waals surface area contributed by atoms with E-state index < -0.39 is 0 Å². The van der Waals surface area contributed by atoms with Gasteiger partial charge in [-0.25, -0.2) is 5.43 Å². The quantitative estimate of drug-likeness (QED) is 0.175. The van der Waals surface area contributed by atoms with Gasteiger partial charge in [-0.2, -0.15) is 5.10 Å². The standard InChI is InChI=1S/C27H25N5O4S/c1-19-7-11-22(12-8-19)35-15-16-36-23-13-9-20(10-14-23)18-28-30-24(33)17-25-31-32-27(37-25)29-26(34)21-5-3-2-4-6-21/h2-14,18H,15-17H2,1H3,(H,30,33)(H,29,32,34). The summed E-state index contributed by atoms with van der Waals surface area (Å²) in [4.78, 5) is 24.4. The van der Waals surface area contributed by atoms with Crippen molar-refractivity contribution in [3.8, 4) is 11.5 Å². The van der Waals surface area contributed by atoms with E-state index in [4.69, 9.17) is 9.47 Å². The molecule has 0 fully saturated rings. The summed E-state index contributed by atoms with van der Waals surface area (Å²) in [5.74, 6) is 0.885. The SMILES string of the molecule is Cc1ccc(OCCOc2ccc(C=NNC(=O)Cc3nnc(NC(=O)c4ccccc4)s3)cc2)cc1. The van der Waals surface area contributed by atoms with Gasteiger partial charge in [0.1, 0.15) is 29.7 Å². The number of benzene rings is 3. The monoisotopic (exact) mass is 515 g/mol. The van der Waals surface area contributed by atoms with Crippen LogP contribution in [0.3, 0.4) is 0 Å². The zero-order chi connectivity index (χ0) is 25.9. The molecule has 0 atom stereocenters. The third-order valence-electron chi connectivity index (χ3n) is 4.96. The molecule has 3 aromatic carbocycles. The summed E-state index contributed by atoms with van der Waals surface area (Å²) in [7, 11) is 0. The fourth-order valence-electron chi connectivity index (χ4n) is 3.09. The number of aryl methyl sites for hydroxylation is 1. The summed E-state index contributed by atoms with van der Waals surface area (Å²) >= 11 is 1.13. The second-order valence-corrected chi connectivity index (χ2v) is 8.93. The predicted octanol–water partition coefficient (Wildman–Crippen LogP) is 4.25. The minimum Gasteiger partial charge on any atom is -0.490 e. The molecule has 0 saturated carbocycles. The first kappa shape index (κ1) is 25.5. The molecule has 2 amide bonds. The van der Waals surface area contributed by atoms with E-state index >= 15 is 0 Å². The van der Waals surface area contributed by atoms with Crippen molar-refractivity contribution in [2.75, 3.05) is 18.5 Å². The highest BCUT2D eigenvalue weighted by atomic mass is 32.1. The number of hydrogen-bond donors (Lipinski definition) is 2. The van der Waals surface area contributed by atoms with Crippen LogP contribution in [0.4, 0.5) is 5.13 Å². The molecule has 0 aliphatic rings. The number of anilines is 1. The highest BCUT2D eigenvalue weighted by molar-refractivity contribution is 7.15. The second-order valence-electron chi connectivity index (χ2n) is 7.87. The zero-order valence-corrected chi connectivity index (χ0v) is 20.9. The lowest BCUT2D eigenvalue weighted by Gasteiger charge is -2.08. The molecule has 0 aliphatic heterocycles. The molecule has 0 aliphatic carbocycles. The Morgan fingerprint density at radius 1 is 0.892 bits per heavy atom. The highest BCUT2D eigenvalue weighted by Crippen LogP contribution is 2.17. The molecule has 0 bridgehead atoms. The molecule has 188 valence electrons. The second kappa shape index (κ2) is 12.9. The summed E-state index contributed by atoms with van der Waals surface area (Å²) in [6.07, 6.45) is 1.53. The van der Waals surface area contributed by atoms with E-state index in [0.29, 0.717) is 34.7 Å². The van der Waals surface area contributed by atoms with Crippen LogP contribution in [0, 0.1) is 6.92 Å². The van der Waals surface area contributed by atoms with Crippen molar-refractivity contribution in [3.63, 3.8) is 0 Å². The molecule has 4 rings (SSSR count). The van der Waals surface area contributed by atoms with Crippen molar-refractivity contribution < 1.29 is 19.1 Å². The van der Waals surface area contributed by atoms with Crippen molar-refractivity contribution in [1.29, 1.82) is 0 Å². The molecular weight excluding hydrogens is 490 g/mol. The van der Waals surface area contributed by atoms with Crippen LogP contribution in [0.5, 0.6) is 11.5 Å². The highest BCUT2D eigenvalue weighted by Gasteiger charge is 2.12. The van der Waals surface area contributed by atoms with Gasteiger partial charge in [-0.15, -0.1) is 10.2 Å². The summed E-state index contributed by atoms with van der Waals surface area (Å²) in [6, 6.07) is 23.9. The molecule has 0 radical (unpaired) electrons.